The van der Waals surface area contributed by atoms with E-state index in [0.29, 0.717) is 12.1 Å². The summed E-state index contributed by atoms with van der Waals surface area (Å²) in [6.07, 6.45) is 1.67. The van der Waals surface area contributed by atoms with Crippen LogP contribution in [0.15, 0.2) is 42.5 Å². The zero-order valence-electron chi connectivity index (χ0n) is 16.5. The lowest BCUT2D eigenvalue weighted by Crippen LogP contribution is -2.37. The average Bonchev–Trinajstić information content (AvgIpc) is 3.21. The fourth-order valence-corrected chi connectivity index (χ4v) is 5.03. The molecule has 160 valence electrons. The lowest BCUT2D eigenvalue weighted by atomic mass is 9.91. The maximum absolute atomic E-state index is 13.0. The second-order valence-corrected chi connectivity index (χ2v) is 8.45. The van der Waals surface area contributed by atoms with Gasteiger partial charge in [-0.15, -0.1) is 0 Å². The van der Waals surface area contributed by atoms with E-state index in [4.69, 9.17) is 11.6 Å². The zero-order valence-corrected chi connectivity index (χ0v) is 17.3. The van der Waals surface area contributed by atoms with Crippen LogP contribution < -0.4 is 5.32 Å². The van der Waals surface area contributed by atoms with E-state index in [9.17, 15) is 18.0 Å². The topological polar surface area (TPSA) is 32.3 Å². The van der Waals surface area contributed by atoms with E-state index in [0.717, 1.165) is 18.2 Å². The zero-order chi connectivity index (χ0) is 21.3. The van der Waals surface area contributed by atoms with Crippen molar-refractivity contribution in [1.29, 1.82) is 0 Å². The van der Waals surface area contributed by atoms with E-state index >= 15 is 0 Å². The summed E-state index contributed by atoms with van der Waals surface area (Å²) < 4.78 is 39.0. The Morgan fingerprint density at radius 2 is 1.80 bits per heavy atom. The maximum Gasteiger partial charge on any atom is 0.417 e. The van der Waals surface area contributed by atoms with Gasteiger partial charge in [-0.05, 0) is 61.9 Å². The molecular formula is C23H24ClF3N2O. The van der Waals surface area contributed by atoms with Gasteiger partial charge in [-0.3, -0.25) is 9.69 Å². The predicted octanol–water partition coefficient (Wildman–Crippen LogP) is 5.98. The Morgan fingerprint density at radius 3 is 2.53 bits per heavy atom. The molecule has 2 aromatic rings. The molecule has 0 aromatic heterocycles. The molecule has 2 unspecified atom stereocenters. The number of fused-ring (bicyclic) bond motifs is 1. The largest absolute Gasteiger partial charge is 0.417 e. The molecule has 0 aliphatic carbocycles. The van der Waals surface area contributed by atoms with Crippen LogP contribution in [0.25, 0.3) is 0 Å². The summed E-state index contributed by atoms with van der Waals surface area (Å²) in [7, 11) is 0. The summed E-state index contributed by atoms with van der Waals surface area (Å²) in [5.41, 5.74) is 1.00. The minimum Gasteiger partial charge on any atom is -0.348 e. The van der Waals surface area contributed by atoms with Crippen molar-refractivity contribution in [2.24, 2.45) is 0 Å². The first kappa shape index (κ1) is 21.2. The molecule has 2 saturated heterocycles. The molecule has 0 bridgehead atoms. The molecule has 2 fully saturated rings. The quantitative estimate of drug-likeness (QED) is 0.639. The Labute approximate surface area is 179 Å². The summed E-state index contributed by atoms with van der Waals surface area (Å²) >= 11 is 5.84. The van der Waals surface area contributed by atoms with Crippen molar-refractivity contribution in [1.82, 2.24) is 10.2 Å². The van der Waals surface area contributed by atoms with Crippen LogP contribution in [-0.4, -0.2) is 23.4 Å². The molecule has 0 spiro atoms. The number of rotatable bonds is 4. The van der Waals surface area contributed by atoms with Gasteiger partial charge >= 0.3 is 6.18 Å². The van der Waals surface area contributed by atoms with Gasteiger partial charge < -0.3 is 5.32 Å². The van der Waals surface area contributed by atoms with Crippen molar-refractivity contribution in [3.8, 4) is 0 Å². The SMILES string of the molecule is O=C(NCc1ccc(C2CCCC3CCCN32)cc1)c1cccc(C(F)(F)F)c1Cl. The number of carbonyl (C=O) groups is 1. The first-order chi connectivity index (χ1) is 14.3. The Hall–Kier alpha value is -2.05. The van der Waals surface area contributed by atoms with E-state index in [1.165, 1.54) is 49.8 Å². The van der Waals surface area contributed by atoms with Gasteiger partial charge in [0.1, 0.15) is 0 Å². The van der Waals surface area contributed by atoms with Crippen LogP contribution in [0.4, 0.5) is 13.2 Å². The summed E-state index contributed by atoms with van der Waals surface area (Å²) in [5, 5.41) is 2.10. The molecule has 2 heterocycles. The highest BCUT2D eigenvalue weighted by atomic mass is 35.5. The lowest BCUT2D eigenvalue weighted by molar-refractivity contribution is -0.137. The van der Waals surface area contributed by atoms with Gasteiger partial charge in [-0.25, -0.2) is 0 Å². The highest BCUT2D eigenvalue weighted by Gasteiger charge is 2.35. The molecule has 2 aliphatic rings. The van der Waals surface area contributed by atoms with Crippen molar-refractivity contribution in [2.45, 2.75) is 56.9 Å². The van der Waals surface area contributed by atoms with Crippen LogP contribution >= 0.6 is 11.6 Å². The summed E-state index contributed by atoms with van der Waals surface area (Å²) in [5.74, 6) is -0.623. The molecule has 0 saturated carbocycles. The Balaban J connectivity index is 1.41. The average molecular weight is 437 g/mol. The summed E-state index contributed by atoms with van der Waals surface area (Å²) in [6, 6.07) is 12.7. The minimum atomic E-state index is -4.60. The van der Waals surface area contributed by atoms with Crippen LogP contribution in [0.3, 0.4) is 0 Å². The third-order valence-electron chi connectivity index (χ3n) is 6.20. The molecule has 1 amide bonds. The van der Waals surface area contributed by atoms with Gasteiger partial charge in [0.2, 0.25) is 0 Å². The number of benzene rings is 2. The highest BCUT2D eigenvalue weighted by Crippen LogP contribution is 2.39. The number of alkyl halides is 3. The highest BCUT2D eigenvalue weighted by molar-refractivity contribution is 6.34. The van der Waals surface area contributed by atoms with Gasteiger partial charge in [0.15, 0.2) is 0 Å². The van der Waals surface area contributed by atoms with Gasteiger partial charge in [-0.1, -0.05) is 41.9 Å². The Bertz CT molecular complexity index is 914. The van der Waals surface area contributed by atoms with Gasteiger partial charge in [0.25, 0.3) is 5.91 Å². The van der Waals surface area contributed by atoms with E-state index in [1.54, 1.807) is 0 Å². The van der Waals surface area contributed by atoms with Crippen molar-refractivity contribution < 1.29 is 18.0 Å². The third-order valence-corrected chi connectivity index (χ3v) is 6.61. The number of hydrogen-bond donors (Lipinski definition) is 1. The number of nitrogens with zero attached hydrogens (tertiary/aromatic N) is 1. The second kappa shape index (κ2) is 8.60. The molecular weight excluding hydrogens is 413 g/mol. The molecule has 30 heavy (non-hydrogen) atoms. The van der Waals surface area contributed by atoms with Crippen molar-refractivity contribution in [3.05, 3.63) is 69.7 Å². The lowest BCUT2D eigenvalue weighted by Gasteiger charge is -2.38. The van der Waals surface area contributed by atoms with Crippen LogP contribution in [0.5, 0.6) is 0 Å². The van der Waals surface area contributed by atoms with E-state index in [2.05, 4.69) is 22.3 Å². The van der Waals surface area contributed by atoms with Gasteiger partial charge in [-0.2, -0.15) is 13.2 Å². The van der Waals surface area contributed by atoms with Gasteiger partial charge in [0.05, 0.1) is 16.1 Å². The van der Waals surface area contributed by atoms with Crippen LogP contribution in [0.2, 0.25) is 5.02 Å². The fourth-order valence-electron chi connectivity index (χ4n) is 4.71. The smallest absolute Gasteiger partial charge is 0.348 e. The standard InChI is InChI=1S/C23H24ClF3N2O/c24-21-18(6-2-7-19(21)23(25,26)27)22(30)28-14-15-9-11-16(12-10-15)20-8-1-4-17-5-3-13-29(17)20/h2,6-7,9-12,17,20H,1,3-5,8,13-14H2,(H,28,30). The van der Waals surface area contributed by atoms with E-state index in [-0.39, 0.29) is 12.1 Å². The summed E-state index contributed by atoms with van der Waals surface area (Å²) in [4.78, 5) is 15.0. The number of piperidine rings is 1. The van der Waals surface area contributed by atoms with Crippen LogP contribution in [0.1, 0.15) is 65.2 Å². The predicted molar refractivity (Wildman–Crippen MR) is 110 cm³/mol. The third kappa shape index (κ3) is 4.35. The molecule has 2 aromatic carbocycles. The normalized spacial score (nSPS) is 22.0. The fraction of sp³-hybridized carbons (Fsp3) is 0.435. The number of amides is 1. The monoisotopic (exact) mass is 436 g/mol. The Morgan fingerprint density at radius 1 is 1.07 bits per heavy atom. The molecule has 7 heteroatoms. The first-order valence-corrected chi connectivity index (χ1v) is 10.7. The summed E-state index contributed by atoms with van der Waals surface area (Å²) in [6.45, 7) is 1.38. The molecule has 2 aliphatic heterocycles. The number of hydrogen-bond acceptors (Lipinski definition) is 2. The van der Waals surface area contributed by atoms with E-state index in [1.807, 2.05) is 12.1 Å². The molecule has 3 nitrogen and oxygen atoms in total. The van der Waals surface area contributed by atoms with Crippen LogP contribution in [-0.2, 0) is 12.7 Å². The minimum absolute atomic E-state index is 0.176. The first-order valence-electron chi connectivity index (χ1n) is 10.3. The van der Waals surface area contributed by atoms with E-state index < -0.39 is 22.7 Å². The van der Waals surface area contributed by atoms with Crippen LogP contribution in [0, 0.1) is 0 Å². The molecule has 1 N–H and O–H groups in total. The number of carbonyl (C=O) groups excluding carboxylic acids is 1. The van der Waals surface area contributed by atoms with Crippen molar-refractivity contribution >= 4 is 17.5 Å². The maximum atomic E-state index is 13.0. The van der Waals surface area contributed by atoms with Gasteiger partial charge in [0, 0.05) is 18.6 Å². The number of nitrogens with one attached hydrogen (secondary N) is 1. The molecule has 4 rings (SSSR count). The van der Waals surface area contributed by atoms with Crippen molar-refractivity contribution in [2.75, 3.05) is 6.54 Å². The Kier molecular flexibility index (Phi) is 6.07. The number of halogens is 4. The molecule has 2 atom stereocenters. The second-order valence-electron chi connectivity index (χ2n) is 8.07. The molecule has 0 radical (unpaired) electrons. The van der Waals surface area contributed by atoms with Crippen molar-refractivity contribution in [3.63, 3.8) is 0 Å².